The Bertz CT molecular complexity index is 249. The minimum atomic E-state index is 0. The van der Waals surface area contributed by atoms with Gasteiger partial charge >= 0.3 is 0 Å². The van der Waals surface area contributed by atoms with Crippen molar-refractivity contribution in [2.45, 2.75) is 26.2 Å². The molecule has 2 atom stereocenters. The topological polar surface area (TPSA) is 59.6 Å². The van der Waals surface area contributed by atoms with Gasteiger partial charge in [0.1, 0.15) is 0 Å². The Morgan fingerprint density at radius 3 is 2.85 bits per heavy atom. The largest absolute Gasteiger partial charge is 0.382 e. The first-order valence-electron chi connectivity index (χ1n) is 7.28. The van der Waals surface area contributed by atoms with Gasteiger partial charge in [-0.1, -0.05) is 6.92 Å². The van der Waals surface area contributed by atoms with Crippen LogP contribution in [-0.4, -0.2) is 52.5 Å². The number of ether oxygens (including phenoxy) is 2. The summed E-state index contributed by atoms with van der Waals surface area (Å²) >= 11 is 0. The van der Waals surface area contributed by atoms with Crippen LogP contribution in [0.25, 0.3) is 0 Å². The van der Waals surface area contributed by atoms with Crippen molar-refractivity contribution < 1.29 is 14.3 Å². The lowest BCUT2D eigenvalue weighted by atomic mass is 9.85. The van der Waals surface area contributed by atoms with Gasteiger partial charge in [-0.3, -0.25) is 4.79 Å². The molecule has 2 unspecified atom stereocenters. The van der Waals surface area contributed by atoms with Gasteiger partial charge in [-0.2, -0.15) is 0 Å². The van der Waals surface area contributed by atoms with Gasteiger partial charge in [-0.15, -0.1) is 12.4 Å². The molecule has 1 amide bonds. The third-order valence-corrected chi connectivity index (χ3v) is 3.65. The molecule has 0 radical (unpaired) electrons. The van der Waals surface area contributed by atoms with Crippen molar-refractivity contribution in [3.8, 4) is 0 Å². The number of hydrogen-bond donors (Lipinski definition) is 2. The van der Waals surface area contributed by atoms with Gasteiger partial charge in [0, 0.05) is 20.1 Å². The van der Waals surface area contributed by atoms with Crippen LogP contribution in [0.5, 0.6) is 0 Å². The molecule has 0 aromatic heterocycles. The normalized spacial score (nSPS) is 20.0. The molecule has 0 aromatic carbocycles. The smallest absolute Gasteiger partial charge is 0.220 e. The predicted octanol–water partition coefficient (Wildman–Crippen LogP) is 1.21. The second-order valence-electron chi connectivity index (χ2n) is 5.24. The van der Waals surface area contributed by atoms with E-state index in [-0.39, 0.29) is 18.3 Å². The molecule has 1 heterocycles. The lowest BCUT2D eigenvalue weighted by molar-refractivity contribution is -0.122. The Balaban J connectivity index is 0.00000361. The maximum atomic E-state index is 11.8. The van der Waals surface area contributed by atoms with E-state index in [0.29, 0.717) is 44.6 Å². The van der Waals surface area contributed by atoms with Gasteiger partial charge in [0.05, 0.1) is 19.8 Å². The molecule has 1 aliphatic rings. The van der Waals surface area contributed by atoms with Crippen LogP contribution in [0.1, 0.15) is 26.2 Å². The van der Waals surface area contributed by atoms with Crippen LogP contribution in [0.15, 0.2) is 0 Å². The van der Waals surface area contributed by atoms with E-state index >= 15 is 0 Å². The second-order valence-corrected chi connectivity index (χ2v) is 5.24. The molecule has 5 nitrogen and oxygen atoms in total. The molecular formula is C14H29ClN2O3. The van der Waals surface area contributed by atoms with E-state index < -0.39 is 0 Å². The number of halogens is 1. The lowest BCUT2D eigenvalue weighted by Gasteiger charge is -2.28. The Hall–Kier alpha value is -0.360. The van der Waals surface area contributed by atoms with Crippen molar-refractivity contribution in [2.75, 3.05) is 46.6 Å². The van der Waals surface area contributed by atoms with Crippen molar-refractivity contribution in [3.63, 3.8) is 0 Å². The van der Waals surface area contributed by atoms with Gasteiger partial charge < -0.3 is 20.1 Å². The summed E-state index contributed by atoms with van der Waals surface area (Å²) < 4.78 is 10.2. The molecule has 0 spiro atoms. The van der Waals surface area contributed by atoms with E-state index in [1.807, 2.05) is 0 Å². The molecule has 6 heteroatoms. The van der Waals surface area contributed by atoms with Crippen molar-refractivity contribution in [3.05, 3.63) is 0 Å². The number of amides is 1. The highest BCUT2D eigenvalue weighted by Crippen LogP contribution is 2.22. The Labute approximate surface area is 128 Å². The third kappa shape index (κ3) is 8.74. The van der Waals surface area contributed by atoms with Crippen LogP contribution in [0.3, 0.4) is 0 Å². The van der Waals surface area contributed by atoms with E-state index in [4.69, 9.17) is 9.47 Å². The third-order valence-electron chi connectivity index (χ3n) is 3.65. The summed E-state index contributed by atoms with van der Waals surface area (Å²) in [6, 6.07) is 0. The maximum absolute atomic E-state index is 11.8. The summed E-state index contributed by atoms with van der Waals surface area (Å²) in [5.74, 6) is 1.22. The molecule has 0 bridgehead atoms. The monoisotopic (exact) mass is 308 g/mol. The van der Waals surface area contributed by atoms with Crippen LogP contribution in [0, 0.1) is 11.8 Å². The average Bonchev–Trinajstić information content (AvgIpc) is 2.43. The Kier molecular flexibility index (Phi) is 12.2. The zero-order chi connectivity index (χ0) is 13.9. The van der Waals surface area contributed by atoms with Crippen molar-refractivity contribution in [2.24, 2.45) is 11.8 Å². The molecule has 20 heavy (non-hydrogen) atoms. The number of piperidine rings is 1. The molecule has 1 aliphatic heterocycles. The van der Waals surface area contributed by atoms with Crippen LogP contribution < -0.4 is 10.6 Å². The second kappa shape index (κ2) is 12.4. The average molecular weight is 309 g/mol. The van der Waals surface area contributed by atoms with E-state index in [9.17, 15) is 4.79 Å². The van der Waals surface area contributed by atoms with Crippen LogP contribution in [-0.2, 0) is 14.3 Å². The van der Waals surface area contributed by atoms with Crippen LogP contribution in [0.4, 0.5) is 0 Å². The number of methoxy groups -OCH3 is 1. The summed E-state index contributed by atoms with van der Waals surface area (Å²) in [4.78, 5) is 11.8. The van der Waals surface area contributed by atoms with E-state index in [1.54, 1.807) is 7.11 Å². The minimum Gasteiger partial charge on any atom is -0.382 e. The van der Waals surface area contributed by atoms with Crippen LogP contribution >= 0.6 is 12.4 Å². The molecule has 1 rings (SSSR count). The van der Waals surface area contributed by atoms with Gasteiger partial charge in [0.25, 0.3) is 0 Å². The summed E-state index contributed by atoms with van der Waals surface area (Å²) in [5, 5.41) is 6.30. The fourth-order valence-electron chi connectivity index (χ4n) is 2.40. The highest BCUT2D eigenvalue weighted by molar-refractivity contribution is 5.85. The van der Waals surface area contributed by atoms with Gasteiger partial charge in [0.2, 0.25) is 5.91 Å². The number of hydrogen-bond acceptors (Lipinski definition) is 4. The first-order chi connectivity index (χ1) is 9.24. The standard InChI is InChI=1S/C14H28N2O3.ClH/c1-12(13-4-3-5-15-11-13)10-14(17)16-6-7-19-9-8-18-2;/h12-13,15H,3-11H2,1-2H3,(H,16,17);1H. The Morgan fingerprint density at radius 1 is 1.40 bits per heavy atom. The molecule has 2 N–H and O–H groups in total. The summed E-state index contributed by atoms with van der Waals surface area (Å²) in [6.45, 7) is 6.65. The quantitative estimate of drug-likeness (QED) is 0.629. The summed E-state index contributed by atoms with van der Waals surface area (Å²) in [6.07, 6.45) is 3.08. The SMILES string of the molecule is COCCOCCNC(=O)CC(C)C1CCCNC1.Cl. The van der Waals surface area contributed by atoms with E-state index in [0.717, 1.165) is 13.1 Å². The van der Waals surface area contributed by atoms with Crippen LogP contribution in [0.2, 0.25) is 0 Å². The maximum Gasteiger partial charge on any atom is 0.220 e. The number of carbonyl (C=O) groups is 1. The van der Waals surface area contributed by atoms with Crippen molar-refractivity contribution in [1.82, 2.24) is 10.6 Å². The first-order valence-corrected chi connectivity index (χ1v) is 7.28. The van der Waals surface area contributed by atoms with Gasteiger partial charge in [0.15, 0.2) is 0 Å². The molecule has 1 fully saturated rings. The lowest BCUT2D eigenvalue weighted by Crippen LogP contribution is -2.36. The number of nitrogens with one attached hydrogen (secondary N) is 2. The molecule has 120 valence electrons. The zero-order valence-corrected chi connectivity index (χ0v) is 13.5. The van der Waals surface area contributed by atoms with Gasteiger partial charge in [-0.25, -0.2) is 0 Å². The van der Waals surface area contributed by atoms with Gasteiger partial charge in [-0.05, 0) is 37.8 Å². The van der Waals surface area contributed by atoms with E-state index in [1.165, 1.54) is 12.8 Å². The predicted molar refractivity (Wildman–Crippen MR) is 82.3 cm³/mol. The number of carbonyl (C=O) groups excluding carboxylic acids is 1. The molecule has 0 saturated carbocycles. The highest BCUT2D eigenvalue weighted by Gasteiger charge is 2.21. The first kappa shape index (κ1) is 19.6. The highest BCUT2D eigenvalue weighted by atomic mass is 35.5. The minimum absolute atomic E-state index is 0. The fourth-order valence-corrected chi connectivity index (χ4v) is 2.40. The Morgan fingerprint density at radius 2 is 2.20 bits per heavy atom. The fraction of sp³-hybridized carbons (Fsp3) is 0.929. The zero-order valence-electron chi connectivity index (χ0n) is 12.7. The summed E-state index contributed by atoms with van der Waals surface area (Å²) in [5.41, 5.74) is 0. The van der Waals surface area contributed by atoms with Crippen molar-refractivity contribution in [1.29, 1.82) is 0 Å². The number of rotatable bonds is 9. The molecule has 1 saturated heterocycles. The van der Waals surface area contributed by atoms with E-state index in [2.05, 4.69) is 17.6 Å². The molecule has 0 aliphatic carbocycles. The molecular weight excluding hydrogens is 280 g/mol. The summed E-state index contributed by atoms with van der Waals surface area (Å²) in [7, 11) is 1.65. The molecule has 0 aromatic rings. The van der Waals surface area contributed by atoms with Crippen molar-refractivity contribution >= 4 is 18.3 Å².